The van der Waals surface area contributed by atoms with Crippen molar-refractivity contribution in [1.29, 1.82) is 0 Å². The Morgan fingerprint density at radius 2 is 1.97 bits per heavy atom. The van der Waals surface area contributed by atoms with Crippen LogP contribution in [0.4, 0.5) is 0 Å². The van der Waals surface area contributed by atoms with E-state index in [4.69, 9.17) is 35.2 Å². The van der Waals surface area contributed by atoms with Crippen LogP contribution < -0.4 is 15.8 Å². The second-order valence-corrected chi connectivity index (χ2v) is 12.9. The van der Waals surface area contributed by atoms with Crippen LogP contribution in [0.25, 0.3) is 0 Å². The molecule has 1 aromatic heterocycles. The topological polar surface area (TPSA) is 166 Å². The molecule has 0 bridgehead atoms. The van der Waals surface area contributed by atoms with Gasteiger partial charge in [0, 0.05) is 12.3 Å². The average Bonchev–Trinajstić information content (AvgIpc) is 3.06. The number of alkyl halides is 2. The van der Waals surface area contributed by atoms with Crippen molar-refractivity contribution in [3.8, 4) is 5.75 Å². The van der Waals surface area contributed by atoms with E-state index < -0.39 is 65.7 Å². The highest BCUT2D eigenvalue weighted by atomic mass is 79.9. The van der Waals surface area contributed by atoms with E-state index in [0.29, 0.717) is 0 Å². The molecule has 37 heavy (non-hydrogen) atoms. The van der Waals surface area contributed by atoms with Crippen LogP contribution in [0.1, 0.15) is 20.1 Å². The molecule has 3 rings (SSSR count). The molecule has 0 saturated carbocycles. The Morgan fingerprint density at radius 1 is 1.30 bits per heavy atom. The Labute approximate surface area is 225 Å². The van der Waals surface area contributed by atoms with E-state index in [1.165, 1.54) is 13.8 Å². The minimum absolute atomic E-state index is 0.216. The number of H-pyrrole nitrogens is 1. The van der Waals surface area contributed by atoms with Crippen molar-refractivity contribution in [1.82, 2.24) is 9.55 Å². The van der Waals surface area contributed by atoms with Gasteiger partial charge >= 0.3 is 19.3 Å². The highest BCUT2D eigenvalue weighted by molar-refractivity contribution is 9.10. The number of hydrogen-bond donors (Lipinski definition) is 3. The van der Waals surface area contributed by atoms with E-state index in [-0.39, 0.29) is 18.5 Å². The number of para-hydroxylation sites is 1. The first kappa shape index (κ1) is 29.6. The van der Waals surface area contributed by atoms with Crippen LogP contribution in [0.3, 0.4) is 0 Å². The highest BCUT2D eigenvalue weighted by Gasteiger charge is 2.55. The lowest BCUT2D eigenvalue weighted by Gasteiger charge is -2.25. The van der Waals surface area contributed by atoms with Crippen LogP contribution in [-0.2, 0) is 23.4 Å². The molecule has 0 amide bonds. The molecule has 0 aliphatic carbocycles. The number of aliphatic hydroxyl groups is 2. The Kier molecular flexibility index (Phi) is 9.79. The van der Waals surface area contributed by atoms with Gasteiger partial charge in [0.05, 0.1) is 25.3 Å². The van der Waals surface area contributed by atoms with E-state index in [9.17, 15) is 24.1 Å². The third-order valence-corrected chi connectivity index (χ3v) is 8.68. The maximum atomic E-state index is 13.7. The number of aromatic amines is 1. The Morgan fingerprint density at radius 3 is 2.59 bits per heavy atom. The van der Waals surface area contributed by atoms with Crippen LogP contribution in [0.5, 0.6) is 5.75 Å². The Balaban J connectivity index is 1.79. The molecule has 1 aromatic carbocycles. The molecule has 2 aromatic rings. The lowest BCUT2D eigenvalue weighted by molar-refractivity contribution is -0.153. The number of aliphatic hydroxyl groups excluding tert-OH is 2. The minimum Gasteiger partial charge on any atom is -0.460 e. The van der Waals surface area contributed by atoms with Gasteiger partial charge in [-0.05, 0) is 19.1 Å². The first-order valence-electron chi connectivity index (χ1n) is 11.2. The summed E-state index contributed by atoms with van der Waals surface area (Å²) in [5.74, 6) is -1.43. The zero-order chi connectivity index (χ0) is 27.4. The fourth-order valence-electron chi connectivity index (χ4n) is 3.42. The van der Waals surface area contributed by atoms with Crippen molar-refractivity contribution in [2.24, 2.45) is 5.92 Å². The Bertz CT molecular complexity index is 1240. The molecule has 2 heterocycles. The van der Waals surface area contributed by atoms with Gasteiger partial charge in [-0.25, -0.2) is 9.36 Å². The number of carbonyl (C=O) groups excluding carboxylic acids is 1. The van der Waals surface area contributed by atoms with Gasteiger partial charge in [0.15, 0.2) is 10.0 Å². The van der Waals surface area contributed by atoms with Gasteiger partial charge in [0.2, 0.25) is 0 Å². The molecule has 1 aliphatic rings. The molecule has 12 nitrogen and oxygen atoms in total. The second kappa shape index (κ2) is 12.2. The summed E-state index contributed by atoms with van der Waals surface area (Å²) in [5.41, 5.74) is -1.45. The van der Waals surface area contributed by atoms with E-state index in [1.54, 1.807) is 30.3 Å². The normalized spacial score (nSPS) is 26.7. The van der Waals surface area contributed by atoms with Crippen molar-refractivity contribution in [2.45, 2.75) is 42.2 Å². The van der Waals surface area contributed by atoms with E-state index in [0.717, 1.165) is 16.8 Å². The van der Waals surface area contributed by atoms with E-state index in [2.05, 4.69) is 20.9 Å². The maximum absolute atomic E-state index is 13.7. The van der Waals surface area contributed by atoms with Gasteiger partial charge in [-0.1, -0.05) is 52.7 Å². The van der Waals surface area contributed by atoms with Gasteiger partial charge in [-0.15, -0.1) is 0 Å². The first-order valence-corrected chi connectivity index (χ1v) is 14.1. The monoisotopic (exact) mass is 624 g/mol. The van der Waals surface area contributed by atoms with Gasteiger partial charge < -0.3 is 24.2 Å². The molecular weight excluding hydrogens is 599 g/mol. The number of aromatic nitrogens is 2. The third-order valence-electron chi connectivity index (χ3n) is 5.38. The SMILES string of the molecule is CC(CO)OC(=O)[C@H](C)CP(=O)(OC[C@H]1O[C@@H](n2ccc(=O)[nH]c2=O)[C@](Cl)(Br)[C@@H]1O)Oc1ccccc1. The number of benzene rings is 1. The summed E-state index contributed by atoms with van der Waals surface area (Å²) in [5, 5.41) is 19.9. The van der Waals surface area contributed by atoms with Gasteiger partial charge in [0.1, 0.15) is 24.1 Å². The summed E-state index contributed by atoms with van der Waals surface area (Å²) < 4.78 is 35.1. The molecule has 204 valence electrons. The summed E-state index contributed by atoms with van der Waals surface area (Å²) in [7, 11) is -4.06. The molecule has 1 saturated heterocycles. The zero-order valence-electron chi connectivity index (χ0n) is 19.9. The van der Waals surface area contributed by atoms with Gasteiger partial charge in [0.25, 0.3) is 5.56 Å². The molecule has 0 spiro atoms. The molecule has 1 aliphatic heterocycles. The molecular formula is C22H27BrClN2O10P. The Hall–Kier alpha value is -1.99. The molecule has 3 N–H and O–H groups in total. The quantitative estimate of drug-likeness (QED) is 0.191. The number of hydrogen-bond acceptors (Lipinski definition) is 10. The zero-order valence-corrected chi connectivity index (χ0v) is 23.1. The van der Waals surface area contributed by atoms with Crippen molar-refractivity contribution < 1.29 is 38.1 Å². The summed E-state index contributed by atoms with van der Waals surface area (Å²) >= 11 is 9.61. The van der Waals surface area contributed by atoms with E-state index in [1.807, 2.05) is 0 Å². The van der Waals surface area contributed by atoms with Crippen molar-refractivity contribution in [3.05, 3.63) is 63.4 Å². The second-order valence-electron chi connectivity index (χ2n) is 8.49. The van der Waals surface area contributed by atoms with Crippen LogP contribution >= 0.6 is 35.1 Å². The van der Waals surface area contributed by atoms with Crippen LogP contribution in [0.2, 0.25) is 0 Å². The molecule has 0 radical (unpaired) electrons. The minimum atomic E-state index is -4.06. The van der Waals surface area contributed by atoms with Gasteiger partial charge in [-0.2, -0.15) is 0 Å². The first-order chi connectivity index (χ1) is 17.4. The summed E-state index contributed by atoms with van der Waals surface area (Å²) in [6.07, 6.45) is -3.91. The van der Waals surface area contributed by atoms with Crippen LogP contribution in [0, 0.1) is 5.92 Å². The number of carbonyl (C=O) groups is 1. The average molecular weight is 626 g/mol. The van der Waals surface area contributed by atoms with E-state index >= 15 is 0 Å². The predicted octanol–water partition coefficient (Wildman–Crippen LogP) is 1.97. The number of nitrogens with one attached hydrogen (secondary N) is 1. The van der Waals surface area contributed by atoms with Crippen LogP contribution in [-0.4, -0.2) is 67.2 Å². The summed E-state index contributed by atoms with van der Waals surface area (Å²) in [6, 6.07) is 9.23. The third kappa shape index (κ3) is 7.32. The fraction of sp³-hybridized carbons (Fsp3) is 0.500. The van der Waals surface area contributed by atoms with Crippen LogP contribution in [0.15, 0.2) is 52.2 Å². The maximum Gasteiger partial charge on any atom is 0.380 e. The number of rotatable bonds is 11. The smallest absolute Gasteiger partial charge is 0.380 e. The number of halogens is 2. The molecule has 1 fully saturated rings. The van der Waals surface area contributed by atoms with Crippen molar-refractivity contribution in [3.63, 3.8) is 0 Å². The van der Waals surface area contributed by atoms with Crippen molar-refractivity contribution >= 4 is 41.1 Å². The number of ether oxygens (including phenoxy) is 2. The number of nitrogens with zero attached hydrogens (tertiary/aromatic N) is 1. The molecule has 2 unspecified atom stereocenters. The summed E-state index contributed by atoms with van der Waals surface area (Å²) in [6.45, 7) is 2.10. The summed E-state index contributed by atoms with van der Waals surface area (Å²) in [4.78, 5) is 38.1. The molecule has 15 heteroatoms. The lowest BCUT2D eigenvalue weighted by Crippen LogP contribution is -2.40. The van der Waals surface area contributed by atoms with Crippen molar-refractivity contribution in [2.75, 3.05) is 19.4 Å². The fourth-order valence-corrected chi connectivity index (χ4v) is 6.21. The lowest BCUT2D eigenvalue weighted by atomic mass is 10.2. The predicted molar refractivity (Wildman–Crippen MR) is 136 cm³/mol. The largest absolute Gasteiger partial charge is 0.460 e. The molecule has 7 atom stereocenters. The number of esters is 1. The standard InChI is InChI=1S/C22H27BrClN2O10P/c1-13(19(30)34-14(2)10-27)12-37(32,36-15-6-4-3-5-7-15)33-11-16-18(29)22(23,24)20(35-16)26-9-8-17(28)25-21(26)31/h3-9,13-14,16,18,20,27,29H,10-12H2,1-2H3,(H,25,28,31)/t13-,14?,16-,18-,20-,22+,37?/m1/s1. The van der Waals surface area contributed by atoms with Gasteiger partial charge in [-0.3, -0.25) is 23.7 Å². The highest BCUT2D eigenvalue weighted by Crippen LogP contribution is 2.52.